The van der Waals surface area contributed by atoms with E-state index in [1.807, 2.05) is 0 Å². The first kappa shape index (κ1) is 18.4. The number of nitrogens with zero attached hydrogens (tertiary/aromatic N) is 3. The zero-order valence-corrected chi connectivity index (χ0v) is 15.3. The molecule has 0 atom stereocenters. The Balaban J connectivity index is 1.93. The third-order valence-electron chi connectivity index (χ3n) is 4.53. The summed E-state index contributed by atoms with van der Waals surface area (Å²) in [5, 5.41) is 0.559. The van der Waals surface area contributed by atoms with Crippen molar-refractivity contribution in [3.63, 3.8) is 0 Å². The highest BCUT2D eigenvalue weighted by molar-refractivity contribution is 6.05. The highest BCUT2D eigenvalue weighted by atomic mass is 19.1. The molecule has 0 spiro atoms. The van der Waals surface area contributed by atoms with E-state index in [1.165, 1.54) is 6.20 Å². The number of aromatic nitrogens is 3. The molecular weight excluding hydrogens is 376 g/mol. The molecule has 0 saturated carbocycles. The van der Waals surface area contributed by atoms with E-state index in [0.717, 1.165) is 18.2 Å². The molecule has 0 saturated heterocycles. The standard InChI is InChI=1S/C21H15F2N5O/c1-10-17-16(28-21(27-10)11-7-12(22)9-13(23)8-11)5-4-14(18(17)24)19-15(20(25)29)3-2-6-26-19/h2-9H,24H2,1H3,(H2,25,29). The number of nitrogen functional groups attached to an aromatic ring is 1. The Morgan fingerprint density at radius 2 is 1.76 bits per heavy atom. The van der Waals surface area contributed by atoms with E-state index in [2.05, 4.69) is 15.0 Å². The van der Waals surface area contributed by atoms with E-state index >= 15 is 0 Å². The van der Waals surface area contributed by atoms with Gasteiger partial charge in [0.2, 0.25) is 0 Å². The maximum absolute atomic E-state index is 13.6. The van der Waals surface area contributed by atoms with Gasteiger partial charge >= 0.3 is 0 Å². The van der Waals surface area contributed by atoms with Gasteiger partial charge in [0.05, 0.1) is 28.2 Å². The van der Waals surface area contributed by atoms with E-state index in [-0.39, 0.29) is 17.0 Å². The van der Waals surface area contributed by atoms with E-state index in [4.69, 9.17) is 11.5 Å². The highest BCUT2D eigenvalue weighted by Gasteiger charge is 2.18. The number of carbonyl (C=O) groups excluding carboxylic acids is 1. The summed E-state index contributed by atoms with van der Waals surface area (Å²) in [6, 6.07) is 9.65. The molecule has 4 rings (SSSR count). The van der Waals surface area contributed by atoms with Gasteiger partial charge in [0.15, 0.2) is 5.82 Å². The molecule has 2 heterocycles. The monoisotopic (exact) mass is 391 g/mol. The van der Waals surface area contributed by atoms with Crippen molar-refractivity contribution in [2.75, 3.05) is 5.73 Å². The van der Waals surface area contributed by atoms with Crippen LogP contribution in [0.5, 0.6) is 0 Å². The molecule has 4 N–H and O–H groups in total. The number of aryl methyl sites for hydroxylation is 1. The average Bonchev–Trinajstić information content (AvgIpc) is 2.67. The van der Waals surface area contributed by atoms with Gasteiger partial charge in [-0.1, -0.05) is 0 Å². The minimum absolute atomic E-state index is 0.177. The quantitative estimate of drug-likeness (QED) is 0.519. The molecule has 2 aromatic heterocycles. The Bertz CT molecular complexity index is 1270. The predicted molar refractivity (Wildman–Crippen MR) is 106 cm³/mol. The van der Waals surface area contributed by atoms with Gasteiger partial charge in [-0.05, 0) is 43.3 Å². The summed E-state index contributed by atoms with van der Waals surface area (Å²) in [6.45, 7) is 1.72. The number of rotatable bonds is 3. The summed E-state index contributed by atoms with van der Waals surface area (Å²) in [4.78, 5) is 24.8. The molecule has 0 bridgehead atoms. The van der Waals surface area contributed by atoms with Crippen LogP contribution in [0.25, 0.3) is 33.5 Å². The van der Waals surface area contributed by atoms with Crippen LogP contribution in [0.15, 0.2) is 48.7 Å². The average molecular weight is 391 g/mol. The molecule has 144 valence electrons. The fourth-order valence-corrected chi connectivity index (χ4v) is 3.27. The second-order valence-electron chi connectivity index (χ2n) is 6.48. The number of halogens is 2. The van der Waals surface area contributed by atoms with Crippen molar-refractivity contribution in [3.05, 3.63) is 71.6 Å². The lowest BCUT2D eigenvalue weighted by Gasteiger charge is -2.13. The van der Waals surface area contributed by atoms with Gasteiger partial charge in [-0.25, -0.2) is 18.7 Å². The van der Waals surface area contributed by atoms with Crippen molar-refractivity contribution in [2.45, 2.75) is 6.92 Å². The molecule has 0 unspecified atom stereocenters. The molecule has 0 radical (unpaired) electrons. The Morgan fingerprint density at radius 3 is 2.45 bits per heavy atom. The Labute approximate surface area is 164 Å². The van der Waals surface area contributed by atoms with Crippen LogP contribution >= 0.6 is 0 Å². The molecular formula is C21H15F2N5O. The highest BCUT2D eigenvalue weighted by Crippen LogP contribution is 2.34. The Kier molecular flexibility index (Phi) is 4.38. The molecule has 0 fully saturated rings. The second-order valence-corrected chi connectivity index (χ2v) is 6.48. The predicted octanol–water partition coefficient (Wildman–Crippen LogP) is 3.63. The maximum atomic E-state index is 13.6. The number of primary amides is 1. The number of benzene rings is 2. The number of anilines is 1. The zero-order chi connectivity index (χ0) is 20.7. The summed E-state index contributed by atoms with van der Waals surface area (Å²) in [5.41, 5.74) is 14.5. The number of fused-ring (bicyclic) bond motifs is 1. The van der Waals surface area contributed by atoms with Crippen molar-refractivity contribution in [3.8, 4) is 22.6 Å². The SMILES string of the molecule is Cc1nc(-c2cc(F)cc(F)c2)nc2ccc(-c3ncccc3C(N)=O)c(N)c12. The summed E-state index contributed by atoms with van der Waals surface area (Å²) in [7, 11) is 0. The summed E-state index contributed by atoms with van der Waals surface area (Å²) in [6.07, 6.45) is 1.54. The van der Waals surface area contributed by atoms with Gasteiger partial charge in [-0.2, -0.15) is 0 Å². The van der Waals surface area contributed by atoms with E-state index in [0.29, 0.717) is 33.5 Å². The van der Waals surface area contributed by atoms with Gasteiger partial charge in [-0.3, -0.25) is 9.78 Å². The van der Waals surface area contributed by atoms with E-state index < -0.39 is 17.5 Å². The van der Waals surface area contributed by atoms with Crippen LogP contribution < -0.4 is 11.5 Å². The molecule has 29 heavy (non-hydrogen) atoms. The van der Waals surface area contributed by atoms with Gasteiger partial charge < -0.3 is 11.5 Å². The second kappa shape index (κ2) is 6.90. The first-order valence-corrected chi connectivity index (χ1v) is 8.63. The largest absolute Gasteiger partial charge is 0.398 e. The van der Waals surface area contributed by atoms with Crippen molar-refractivity contribution < 1.29 is 13.6 Å². The molecule has 0 aliphatic rings. The van der Waals surface area contributed by atoms with Crippen molar-refractivity contribution in [2.24, 2.45) is 5.73 Å². The molecule has 8 heteroatoms. The molecule has 1 amide bonds. The molecule has 0 aliphatic heterocycles. The smallest absolute Gasteiger partial charge is 0.250 e. The number of amides is 1. The van der Waals surface area contributed by atoms with Crippen LogP contribution in [0.2, 0.25) is 0 Å². The van der Waals surface area contributed by atoms with Crippen LogP contribution in [0.4, 0.5) is 14.5 Å². The summed E-state index contributed by atoms with van der Waals surface area (Å²) >= 11 is 0. The van der Waals surface area contributed by atoms with Crippen LogP contribution in [-0.2, 0) is 0 Å². The number of hydrogen-bond donors (Lipinski definition) is 2. The lowest BCUT2D eigenvalue weighted by Crippen LogP contribution is -2.13. The van der Waals surface area contributed by atoms with Gasteiger partial charge in [0.25, 0.3) is 5.91 Å². The Morgan fingerprint density at radius 1 is 1.03 bits per heavy atom. The van der Waals surface area contributed by atoms with Crippen molar-refractivity contribution in [1.29, 1.82) is 0 Å². The molecule has 2 aromatic carbocycles. The normalized spacial score (nSPS) is 11.0. The van der Waals surface area contributed by atoms with E-state index in [9.17, 15) is 13.6 Å². The van der Waals surface area contributed by atoms with E-state index in [1.54, 1.807) is 31.2 Å². The fourth-order valence-electron chi connectivity index (χ4n) is 3.27. The fraction of sp³-hybridized carbons (Fsp3) is 0.0476. The van der Waals surface area contributed by atoms with Crippen LogP contribution in [-0.4, -0.2) is 20.9 Å². The zero-order valence-electron chi connectivity index (χ0n) is 15.3. The summed E-state index contributed by atoms with van der Waals surface area (Å²) < 4.78 is 27.2. The number of nitrogens with two attached hydrogens (primary N) is 2. The first-order valence-electron chi connectivity index (χ1n) is 8.63. The lowest BCUT2D eigenvalue weighted by molar-refractivity contribution is 0.100. The number of carbonyl (C=O) groups is 1. The molecule has 6 nitrogen and oxygen atoms in total. The first-order chi connectivity index (χ1) is 13.8. The molecule has 4 aromatic rings. The van der Waals surface area contributed by atoms with Gasteiger partial charge in [0, 0.05) is 28.8 Å². The van der Waals surface area contributed by atoms with Gasteiger partial charge in [-0.15, -0.1) is 0 Å². The third-order valence-corrected chi connectivity index (χ3v) is 4.53. The molecule has 0 aliphatic carbocycles. The maximum Gasteiger partial charge on any atom is 0.250 e. The van der Waals surface area contributed by atoms with Crippen LogP contribution in [0.3, 0.4) is 0 Å². The van der Waals surface area contributed by atoms with Crippen molar-refractivity contribution in [1.82, 2.24) is 15.0 Å². The lowest BCUT2D eigenvalue weighted by atomic mass is 10.00. The van der Waals surface area contributed by atoms with Crippen molar-refractivity contribution >= 4 is 22.5 Å². The minimum atomic E-state index is -0.717. The van der Waals surface area contributed by atoms with Gasteiger partial charge in [0.1, 0.15) is 11.6 Å². The Hall–Kier alpha value is -3.94. The van der Waals surface area contributed by atoms with Crippen LogP contribution in [0, 0.1) is 18.6 Å². The minimum Gasteiger partial charge on any atom is -0.398 e. The third kappa shape index (κ3) is 3.25. The number of pyridine rings is 1. The number of hydrogen-bond acceptors (Lipinski definition) is 5. The topological polar surface area (TPSA) is 108 Å². The van der Waals surface area contributed by atoms with Crippen LogP contribution in [0.1, 0.15) is 16.1 Å². The summed E-state index contributed by atoms with van der Waals surface area (Å²) in [5.74, 6) is -1.88.